The lowest BCUT2D eigenvalue weighted by molar-refractivity contribution is -0.115. The van der Waals surface area contributed by atoms with Crippen LogP contribution in [0.4, 0.5) is 11.4 Å². The van der Waals surface area contributed by atoms with Crippen LogP contribution in [0.25, 0.3) is 0 Å². The quantitative estimate of drug-likeness (QED) is 0.690. The van der Waals surface area contributed by atoms with Crippen molar-refractivity contribution < 1.29 is 4.79 Å². The molecule has 1 aromatic heterocycles. The van der Waals surface area contributed by atoms with E-state index in [1.807, 2.05) is 17.5 Å². The summed E-state index contributed by atoms with van der Waals surface area (Å²) in [4.78, 5) is 17.7. The van der Waals surface area contributed by atoms with Gasteiger partial charge in [-0.1, -0.05) is 11.8 Å². The molecule has 0 radical (unpaired) electrons. The van der Waals surface area contributed by atoms with Crippen molar-refractivity contribution >= 4 is 40.4 Å². The van der Waals surface area contributed by atoms with Gasteiger partial charge in [-0.05, 0) is 24.3 Å². The van der Waals surface area contributed by atoms with E-state index in [0.29, 0.717) is 11.4 Å². The standard InChI is InChI=1S/C12H13N3OS2/c1-15(10-4-2-9(13)3-5-10)11(16)8-18-12-14-6-7-17-12/h2-7H,8,13H2,1H3. The molecule has 0 saturated carbocycles. The predicted molar refractivity (Wildman–Crippen MR) is 77.1 cm³/mol. The van der Waals surface area contributed by atoms with Crippen molar-refractivity contribution in [1.82, 2.24) is 4.98 Å². The van der Waals surface area contributed by atoms with Crippen molar-refractivity contribution in [2.45, 2.75) is 4.34 Å². The molecule has 0 aliphatic rings. The SMILES string of the molecule is CN(C(=O)CSc1nccs1)c1ccc(N)cc1. The highest BCUT2D eigenvalue weighted by Gasteiger charge is 2.11. The normalized spacial score (nSPS) is 10.3. The molecule has 1 aromatic carbocycles. The van der Waals surface area contributed by atoms with Crippen LogP contribution in [0.15, 0.2) is 40.2 Å². The van der Waals surface area contributed by atoms with E-state index in [4.69, 9.17) is 5.73 Å². The molecule has 0 fully saturated rings. The highest BCUT2D eigenvalue weighted by atomic mass is 32.2. The molecule has 1 heterocycles. The van der Waals surface area contributed by atoms with Gasteiger partial charge >= 0.3 is 0 Å². The number of carbonyl (C=O) groups excluding carboxylic acids is 1. The molecule has 0 atom stereocenters. The van der Waals surface area contributed by atoms with Crippen molar-refractivity contribution in [3.8, 4) is 0 Å². The van der Waals surface area contributed by atoms with Crippen LogP contribution >= 0.6 is 23.1 Å². The molecule has 0 saturated heterocycles. The van der Waals surface area contributed by atoms with Gasteiger partial charge in [-0.25, -0.2) is 4.98 Å². The number of thioether (sulfide) groups is 1. The lowest BCUT2D eigenvalue weighted by Gasteiger charge is -2.16. The monoisotopic (exact) mass is 279 g/mol. The lowest BCUT2D eigenvalue weighted by Crippen LogP contribution is -2.27. The second kappa shape index (κ2) is 5.88. The molecular formula is C12H13N3OS2. The molecular weight excluding hydrogens is 266 g/mol. The van der Waals surface area contributed by atoms with Crippen LogP contribution in [0.3, 0.4) is 0 Å². The zero-order chi connectivity index (χ0) is 13.0. The van der Waals surface area contributed by atoms with Gasteiger partial charge in [-0.3, -0.25) is 4.79 Å². The molecule has 0 aliphatic heterocycles. The highest BCUT2D eigenvalue weighted by molar-refractivity contribution is 8.01. The second-order valence-corrected chi connectivity index (χ2v) is 5.75. The van der Waals surface area contributed by atoms with Gasteiger partial charge in [0.15, 0.2) is 0 Å². The zero-order valence-corrected chi connectivity index (χ0v) is 11.5. The fourth-order valence-electron chi connectivity index (χ4n) is 1.34. The van der Waals surface area contributed by atoms with Crippen LogP contribution < -0.4 is 10.6 Å². The topological polar surface area (TPSA) is 59.2 Å². The van der Waals surface area contributed by atoms with Crippen LogP contribution in [-0.2, 0) is 4.79 Å². The summed E-state index contributed by atoms with van der Waals surface area (Å²) in [6, 6.07) is 7.24. The number of nitrogens with two attached hydrogens (primary N) is 1. The smallest absolute Gasteiger partial charge is 0.237 e. The third-order valence-corrected chi connectivity index (χ3v) is 4.33. The number of aromatic nitrogens is 1. The summed E-state index contributed by atoms with van der Waals surface area (Å²) < 4.78 is 0.911. The van der Waals surface area contributed by atoms with Gasteiger partial charge in [0, 0.05) is 30.0 Å². The maximum Gasteiger partial charge on any atom is 0.237 e. The number of hydrogen-bond acceptors (Lipinski definition) is 5. The molecule has 0 aliphatic carbocycles. The molecule has 2 aromatic rings. The Bertz CT molecular complexity index is 511. The van der Waals surface area contributed by atoms with Crippen LogP contribution in [-0.4, -0.2) is 23.7 Å². The Hall–Kier alpha value is -1.53. The minimum Gasteiger partial charge on any atom is -0.399 e. The van der Waals surface area contributed by atoms with E-state index >= 15 is 0 Å². The predicted octanol–water partition coefficient (Wildman–Crippen LogP) is 2.48. The largest absolute Gasteiger partial charge is 0.399 e. The first-order valence-corrected chi connectivity index (χ1v) is 7.18. The Labute approximate surface area is 114 Å². The first-order chi connectivity index (χ1) is 8.66. The van der Waals surface area contributed by atoms with Gasteiger partial charge < -0.3 is 10.6 Å². The Morgan fingerprint density at radius 2 is 2.17 bits per heavy atom. The van der Waals surface area contributed by atoms with E-state index in [1.165, 1.54) is 23.1 Å². The van der Waals surface area contributed by atoms with Crippen molar-refractivity contribution in [1.29, 1.82) is 0 Å². The summed E-state index contributed by atoms with van der Waals surface area (Å²) in [5.74, 6) is 0.425. The molecule has 4 nitrogen and oxygen atoms in total. The summed E-state index contributed by atoms with van der Waals surface area (Å²) in [6.07, 6.45) is 1.74. The first kappa shape index (κ1) is 12.9. The van der Waals surface area contributed by atoms with Crippen molar-refractivity contribution in [2.75, 3.05) is 23.4 Å². The molecule has 0 spiro atoms. The van der Waals surface area contributed by atoms with Gasteiger partial charge in [0.1, 0.15) is 4.34 Å². The fraction of sp³-hybridized carbons (Fsp3) is 0.167. The summed E-state index contributed by atoms with van der Waals surface area (Å²) in [5.41, 5.74) is 7.14. The van der Waals surface area contributed by atoms with Crippen LogP contribution in [0, 0.1) is 0 Å². The number of amides is 1. The summed E-state index contributed by atoms with van der Waals surface area (Å²) in [7, 11) is 1.76. The Balaban J connectivity index is 1.94. The molecule has 1 amide bonds. The third kappa shape index (κ3) is 3.24. The van der Waals surface area contributed by atoms with Crippen LogP contribution in [0.5, 0.6) is 0 Å². The van der Waals surface area contributed by atoms with Crippen LogP contribution in [0.2, 0.25) is 0 Å². The summed E-state index contributed by atoms with van der Waals surface area (Å²) in [6.45, 7) is 0. The first-order valence-electron chi connectivity index (χ1n) is 5.31. The van der Waals surface area contributed by atoms with E-state index in [0.717, 1.165) is 10.0 Å². The van der Waals surface area contributed by atoms with E-state index < -0.39 is 0 Å². The minimum absolute atomic E-state index is 0.0416. The molecule has 18 heavy (non-hydrogen) atoms. The van der Waals surface area contributed by atoms with Gasteiger partial charge in [0.05, 0.1) is 5.75 Å². The number of anilines is 2. The van der Waals surface area contributed by atoms with E-state index in [2.05, 4.69) is 4.98 Å². The Kier molecular flexibility index (Phi) is 4.22. The van der Waals surface area contributed by atoms with E-state index in [9.17, 15) is 4.79 Å². The molecule has 2 N–H and O–H groups in total. The zero-order valence-electron chi connectivity index (χ0n) is 9.87. The maximum atomic E-state index is 12.0. The highest BCUT2D eigenvalue weighted by Crippen LogP contribution is 2.22. The summed E-state index contributed by atoms with van der Waals surface area (Å²) in [5, 5.41) is 1.90. The number of benzene rings is 1. The third-order valence-electron chi connectivity index (χ3n) is 2.38. The van der Waals surface area contributed by atoms with E-state index in [1.54, 1.807) is 30.3 Å². The number of hydrogen-bond donors (Lipinski definition) is 1. The van der Waals surface area contributed by atoms with Crippen molar-refractivity contribution in [2.24, 2.45) is 0 Å². The van der Waals surface area contributed by atoms with Crippen molar-refractivity contribution in [3.05, 3.63) is 35.8 Å². The fourth-order valence-corrected chi connectivity index (χ4v) is 2.90. The Morgan fingerprint density at radius 1 is 1.44 bits per heavy atom. The molecule has 0 unspecified atom stereocenters. The van der Waals surface area contributed by atoms with Crippen LogP contribution in [0.1, 0.15) is 0 Å². The number of rotatable bonds is 4. The number of nitrogen functional groups attached to an aromatic ring is 1. The number of thiazole rings is 1. The van der Waals surface area contributed by atoms with Crippen molar-refractivity contribution in [3.63, 3.8) is 0 Å². The molecule has 2 rings (SSSR count). The van der Waals surface area contributed by atoms with Gasteiger partial charge in [0.2, 0.25) is 5.91 Å². The van der Waals surface area contributed by atoms with Gasteiger partial charge in [-0.15, -0.1) is 11.3 Å². The van der Waals surface area contributed by atoms with Gasteiger partial charge in [0.25, 0.3) is 0 Å². The number of nitrogens with zero attached hydrogens (tertiary/aromatic N) is 2. The minimum atomic E-state index is 0.0416. The average Bonchev–Trinajstić information content (AvgIpc) is 2.89. The van der Waals surface area contributed by atoms with E-state index in [-0.39, 0.29) is 5.91 Å². The average molecular weight is 279 g/mol. The van der Waals surface area contributed by atoms with Gasteiger partial charge in [-0.2, -0.15) is 0 Å². The number of carbonyl (C=O) groups is 1. The summed E-state index contributed by atoms with van der Waals surface area (Å²) >= 11 is 2.99. The lowest BCUT2D eigenvalue weighted by atomic mass is 10.2. The molecule has 94 valence electrons. The molecule has 6 heteroatoms. The maximum absolute atomic E-state index is 12.0. The second-order valence-electron chi connectivity index (χ2n) is 3.63. The Morgan fingerprint density at radius 3 is 2.78 bits per heavy atom. The molecule has 0 bridgehead atoms.